The number of amides is 1. The highest BCUT2D eigenvalue weighted by Crippen LogP contribution is 2.43. The Morgan fingerprint density at radius 3 is 2.21 bits per heavy atom. The normalized spacial score (nSPS) is 16.8. The van der Waals surface area contributed by atoms with Crippen molar-refractivity contribution in [1.82, 2.24) is 0 Å². The van der Waals surface area contributed by atoms with Gasteiger partial charge in [0.1, 0.15) is 17.4 Å². The molecule has 1 atom stereocenters. The zero-order valence-electron chi connectivity index (χ0n) is 21.0. The highest BCUT2D eigenvalue weighted by atomic mass is 19.1. The van der Waals surface area contributed by atoms with Crippen LogP contribution in [0.1, 0.15) is 31.0 Å². The van der Waals surface area contributed by atoms with Crippen LogP contribution in [-0.2, 0) is 9.59 Å². The molecule has 0 saturated carbocycles. The quantitative estimate of drug-likeness (QED) is 0.180. The van der Waals surface area contributed by atoms with Crippen LogP contribution < -0.4 is 9.80 Å². The fourth-order valence-corrected chi connectivity index (χ4v) is 5.02. The van der Waals surface area contributed by atoms with Crippen molar-refractivity contribution in [3.8, 4) is 0 Å². The molecule has 1 heterocycles. The molecule has 0 spiro atoms. The van der Waals surface area contributed by atoms with Crippen molar-refractivity contribution in [2.45, 2.75) is 19.9 Å². The lowest BCUT2D eigenvalue weighted by atomic mass is 9.94. The molecule has 1 fully saturated rings. The predicted molar refractivity (Wildman–Crippen MR) is 145 cm³/mol. The minimum atomic E-state index is -1.12. The lowest BCUT2D eigenvalue weighted by Crippen LogP contribution is -2.30. The number of anilines is 2. The van der Waals surface area contributed by atoms with Gasteiger partial charge in [-0.1, -0.05) is 48.5 Å². The van der Waals surface area contributed by atoms with Crippen LogP contribution in [0.25, 0.3) is 16.5 Å². The lowest BCUT2D eigenvalue weighted by Gasteiger charge is -2.27. The van der Waals surface area contributed by atoms with Crippen molar-refractivity contribution in [3.63, 3.8) is 0 Å². The van der Waals surface area contributed by atoms with Crippen LogP contribution in [-0.4, -0.2) is 29.9 Å². The van der Waals surface area contributed by atoms with Crippen LogP contribution in [0.15, 0.2) is 90.5 Å². The van der Waals surface area contributed by atoms with E-state index in [0.29, 0.717) is 17.2 Å². The number of hydrogen-bond donors (Lipinski definition) is 1. The van der Waals surface area contributed by atoms with E-state index < -0.39 is 29.4 Å². The van der Waals surface area contributed by atoms with Crippen LogP contribution in [0.3, 0.4) is 0 Å². The van der Waals surface area contributed by atoms with E-state index in [4.69, 9.17) is 0 Å². The largest absolute Gasteiger partial charge is 0.507 e. The van der Waals surface area contributed by atoms with Crippen molar-refractivity contribution >= 4 is 39.6 Å². The maximum atomic E-state index is 14.9. The van der Waals surface area contributed by atoms with E-state index in [1.807, 2.05) is 56.3 Å². The van der Waals surface area contributed by atoms with Gasteiger partial charge in [-0.25, -0.2) is 8.78 Å². The molecule has 1 saturated heterocycles. The van der Waals surface area contributed by atoms with Gasteiger partial charge in [0.05, 0.1) is 17.3 Å². The zero-order chi connectivity index (χ0) is 27.0. The molecule has 1 unspecified atom stereocenters. The van der Waals surface area contributed by atoms with Crippen molar-refractivity contribution in [2.24, 2.45) is 0 Å². The van der Waals surface area contributed by atoms with Crippen molar-refractivity contribution in [3.05, 3.63) is 113 Å². The Morgan fingerprint density at radius 1 is 0.868 bits per heavy atom. The Hall–Kier alpha value is -4.52. The first-order chi connectivity index (χ1) is 18.3. The summed E-state index contributed by atoms with van der Waals surface area (Å²) >= 11 is 0. The molecule has 5 nitrogen and oxygen atoms in total. The van der Waals surface area contributed by atoms with Gasteiger partial charge in [0.25, 0.3) is 11.7 Å². The van der Waals surface area contributed by atoms with E-state index in [1.165, 1.54) is 0 Å². The van der Waals surface area contributed by atoms with E-state index in [1.54, 1.807) is 24.3 Å². The second kappa shape index (κ2) is 10.1. The summed E-state index contributed by atoms with van der Waals surface area (Å²) < 4.78 is 28.7. The van der Waals surface area contributed by atoms with E-state index in [-0.39, 0.29) is 17.0 Å². The molecule has 1 amide bonds. The minimum Gasteiger partial charge on any atom is -0.507 e. The Balaban J connectivity index is 1.71. The molecule has 1 aliphatic heterocycles. The summed E-state index contributed by atoms with van der Waals surface area (Å²) in [6.45, 7) is 5.65. The summed E-state index contributed by atoms with van der Waals surface area (Å²) in [5.41, 5.74) is 1.39. The molecular formula is C31H26F2N2O3. The number of aliphatic hydroxyl groups excluding tert-OH is 1. The smallest absolute Gasteiger partial charge is 0.300 e. The number of benzene rings is 4. The molecule has 1 N–H and O–H groups in total. The molecule has 0 radical (unpaired) electrons. The maximum absolute atomic E-state index is 14.9. The Bertz CT molecular complexity index is 1580. The zero-order valence-corrected chi connectivity index (χ0v) is 21.0. The number of hydrogen-bond acceptors (Lipinski definition) is 4. The van der Waals surface area contributed by atoms with Crippen LogP contribution in [0, 0.1) is 11.6 Å². The third-order valence-corrected chi connectivity index (χ3v) is 6.97. The van der Waals surface area contributed by atoms with E-state index in [9.17, 15) is 23.5 Å². The summed E-state index contributed by atoms with van der Waals surface area (Å²) in [4.78, 5) is 29.8. The third-order valence-electron chi connectivity index (χ3n) is 6.97. The number of carbonyl (C=O) groups excluding carboxylic acids is 2. The van der Waals surface area contributed by atoms with Gasteiger partial charge in [0.2, 0.25) is 0 Å². The summed E-state index contributed by atoms with van der Waals surface area (Å²) in [5.74, 6) is -4.11. The SMILES string of the molecule is CCN(CC)c1ccc(C2/C(=C(/O)c3ccc4ccccc4c3)C(=O)C(=O)N2c2ccc(F)cc2F)cc1. The summed E-state index contributed by atoms with van der Waals surface area (Å²) in [5, 5.41) is 13.2. The van der Waals surface area contributed by atoms with Crippen molar-refractivity contribution in [2.75, 3.05) is 22.9 Å². The molecule has 7 heteroatoms. The van der Waals surface area contributed by atoms with Crippen molar-refractivity contribution < 1.29 is 23.5 Å². The van der Waals surface area contributed by atoms with Gasteiger partial charge in [-0.3, -0.25) is 14.5 Å². The first-order valence-corrected chi connectivity index (χ1v) is 12.4. The molecule has 5 rings (SSSR count). The molecule has 0 aliphatic carbocycles. The van der Waals surface area contributed by atoms with Gasteiger partial charge in [0.15, 0.2) is 0 Å². The number of fused-ring (bicyclic) bond motifs is 1. The monoisotopic (exact) mass is 512 g/mol. The van der Waals surface area contributed by atoms with Gasteiger partial charge in [-0.05, 0) is 60.5 Å². The highest BCUT2D eigenvalue weighted by molar-refractivity contribution is 6.51. The first kappa shape index (κ1) is 25.1. The Morgan fingerprint density at radius 2 is 1.55 bits per heavy atom. The molecule has 0 bridgehead atoms. The highest BCUT2D eigenvalue weighted by Gasteiger charge is 2.47. The fourth-order valence-electron chi connectivity index (χ4n) is 5.02. The fraction of sp³-hybridized carbons (Fsp3) is 0.161. The molecule has 192 valence electrons. The number of carbonyl (C=O) groups is 2. The van der Waals surface area contributed by atoms with Gasteiger partial charge in [-0.2, -0.15) is 0 Å². The molecule has 38 heavy (non-hydrogen) atoms. The topological polar surface area (TPSA) is 60.9 Å². The van der Waals surface area contributed by atoms with Gasteiger partial charge in [0, 0.05) is 30.4 Å². The van der Waals surface area contributed by atoms with E-state index >= 15 is 0 Å². The maximum Gasteiger partial charge on any atom is 0.300 e. The minimum absolute atomic E-state index is 0.162. The standard InChI is InChI=1S/C31H26F2N2O3/c1-3-34(4-2)24-14-11-20(12-15-24)28-27(29(36)22-10-9-19-7-5-6-8-21(19)17-22)30(37)31(38)35(28)26-16-13-23(32)18-25(26)33/h5-18,28,36H,3-4H2,1-2H3/b29-27-. The average molecular weight is 513 g/mol. The number of halogens is 2. The summed E-state index contributed by atoms with van der Waals surface area (Å²) in [6, 6.07) is 21.7. The lowest BCUT2D eigenvalue weighted by molar-refractivity contribution is -0.132. The summed E-state index contributed by atoms with van der Waals surface area (Å²) in [6.07, 6.45) is 0. The van der Waals surface area contributed by atoms with Crippen LogP contribution >= 0.6 is 0 Å². The second-order valence-electron chi connectivity index (χ2n) is 9.09. The van der Waals surface area contributed by atoms with Gasteiger partial charge in [-0.15, -0.1) is 0 Å². The third kappa shape index (κ3) is 4.30. The van der Waals surface area contributed by atoms with Crippen LogP contribution in [0.4, 0.5) is 20.2 Å². The van der Waals surface area contributed by atoms with Crippen LogP contribution in [0.2, 0.25) is 0 Å². The van der Waals surface area contributed by atoms with Crippen LogP contribution in [0.5, 0.6) is 0 Å². The van der Waals surface area contributed by atoms with Gasteiger partial charge >= 0.3 is 0 Å². The number of rotatable bonds is 6. The molecule has 4 aromatic carbocycles. The number of nitrogens with zero attached hydrogens (tertiary/aromatic N) is 2. The summed E-state index contributed by atoms with van der Waals surface area (Å²) in [7, 11) is 0. The van der Waals surface area contributed by atoms with E-state index in [2.05, 4.69) is 4.90 Å². The average Bonchev–Trinajstić information content (AvgIpc) is 3.19. The Labute approximate surface area is 219 Å². The number of ketones is 1. The van der Waals surface area contributed by atoms with Crippen molar-refractivity contribution in [1.29, 1.82) is 0 Å². The molecular weight excluding hydrogens is 486 g/mol. The molecule has 0 aromatic heterocycles. The van der Waals surface area contributed by atoms with Gasteiger partial charge < -0.3 is 10.0 Å². The second-order valence-corrected chi connectivity index (χ2v) is 9.09. The predicted octanol–water partition coefficient (Wildman–Crippen LogP) is 6.59. The molecule has 4 aromatic rings. The number of aliphatic hydroxyl groups is 1. The Kier molecular flexibility index (Phi) is 6.68. The number of Topliss-reactive ketones (excluding diaryl/α,β-unsaturated/α-hetero) is 1. The first-order valence-electron chi connectivity index (χ1n) is 12.4. The molecule has 1 aliphatic rings. The van der Waals surface area contributed by atoms with E-state index in [0.717, 1.165) is 46.6 Å².